The third kappa shape index (κ3) is 3.75. The van der Waals surface area contributed by atoms with Crippen LogP contribution in [0.5, 0.6) is 0 Å². The molecule has 0 atom stereocenters. The molecule has 0 aliphatic rings. The van der Waals surface area contributed by atoms with Gasteiger partial charge in [-0.1, -0.05) is 31.7 Å². The van der Waals surface area contributed by atoms with Gasteiger partial charge in [-0.2, -0.15) is 0 Å². The van der Waals surface area contributed by atoms with Crippen molar-refractivity contribution in [1.82, 2.24) is 19.1 Å². The van der Waals surface area contributed by atoms with E-state index in [0.717, 1.165) is 21.2 Å². The first-order chi connectivity index (χ1) is 13.2. The minimum absolute atomic E-state index is 0.0157. The molecule has 3 N–H and O–H groups in total. The second kappa shape index (κ2) is 7.67. The van der Waals surface area contributed by atoms with Crippen molar-refractivity contribution >= 4 is 34.4 Å². The first-order valence-corrected chi connectivity index (χ1v) is 9.89. The number of hydrogen-bond acceptors (Lipinski definition) is 6. The van der Waals surface area contributed by atoms with Crippen molar-refractivity contribution in [2.24, 2.45) is 13.0 Å². The predicted molar refractivity (Wildman–Crippen MR) is 111 cm³/mol. The number of rotatable bonds is 6. The van der Waals surface area contributed by atoms with Gasteiger partial charge in [0.05, 0.1) is 16.8 Å². The van der Waals surface area contributed by atoms with E-state index < -0.39 is 17.0 Å². The van der Waals surface area contributed by atoms with Crippen molar-refractivity contribution in [3.8, 4) is 0 Å². The summed E-state index contributed by atoms with van der Waals surface area (Å²) in [5.41, 5.74) is 7.50. The van der Waals surface area contributed by atoms with E-state index in [4.69, 9.17) is 5.73 Å². The lowest BCUT2D eigenvalue weighted by atomic mass is 10.2. The molecule has 0 unspecified atom stereocenters. The minimum atomic E-state index is -0.673. The number of thioether (sulfide) groups is 1. The summed E-state index contributed by atoms with van der Waals surface area (Å²) < 4.78 is 2.22. The van der Waals surface area contributed by atoms with Crippen LogP contribution >= 0.6 is 11.8 Å². The highest BCUT2D eigenvalue weighted by molar-refractivity contribution is 7.99. The normalized spacial score (nSPS) is 11.5. The maximum atomic E-state index is 12.8. The van der Waals surface area contributed by atoms with E-state index in [-0.39, 0.29) is 23.1 Å². The Kier molecular flexibility index (Phi) is 5.46. The van der Waals surface area contributed by atoms with Crippen LogP contribution in [0.4, 0.5) is 5.82 Å². The fraction of sp³-hybridized carbons (Fsp3) is 0.368. The Bertz CT molecular complexity index is 1170. The number of nitrogen functional groups attached to an aromatic ring is 1. The number of hydrogen-bond donors (Lipinski definition) is 2. The van der Waals surface area contributed by atoms with Crippen LogP contribution in [-0.4, -0.2) is 30.6 Å². The maximum absolute atomic E-state index is 12.8. The van der Waals surface area contributed by atoms with Crippen LogP contribution in [0.15, 0.2) is 32.9 Å². The molecule has 0 radical (unpaired) electrons. The van der Waals surface area contributed by atoms with Crippen molar-refractivity contribution in [2.45, 2.75) is 32.5 Å². The summed E-state index contributed by atoms with van der Waals surface area (Å²) in [5.74, 6) is -0.392. The van der Waals surface area contributed by atoms with Gasteiger partial charge in [-0.25, -0.2) is 9.78 Å². The topological polar surface area (TPSA) is 116 Å². The zero-order valence-electron chi connectivity index (χ0n) is 16.3. The lowest BCUT2D eigenvalue weighted by molar-refractivity contribution is 0.102. The van der Waals surface area contributed by atoms with Crippen molar-refractivity contribution in [3.05, 3.63) is 50.2 Å². The number of carbonyl (C=O) groups excluding carboxylic acids is 1. The monoisotopic (exact) mass is 401 g/mol. The number of aryl methyl sites for hydroxylation is 1. The number of benzene rings is 1. The molecule has 1 aromatic carbocycles. The molecule has 2 aromatic heterocycles. The molecular formula is C19H23N5O3S. The van der Waals surface area contributed by atoms with E-state index >= 15 is 0 Å². The first kappa shape index (κ1) is 19.9. The van der Waals surface area contributed by atoms with E-state index in [1.807, 2.05) is 39.0 Å². The van der Waals surface area contributed by atoms with Crippen LogP contribution in [0.1, 0.15) is 29.8 Å². The number of imidazole rings is 1. The fourth-order valence-corrected chi connectivity index (χ4v) is 3.72. The van der Waals surface area contributed by atoms with Crippen molar-refractivity contribution in [2.75, 3.05) is 11.5 Å². The van der Waals surface area contributed by atoms with Gasteiger partial charge in [-0.15, -0.1) is 0 Å². The molecule has 0 spiro atoms. The van der Waals surface area contributed by atoms with Gasteiger partial charge in [0, 0.05) is 13.6 Å². The molecule has 0 bridgehead atoms. The summed E-state index contributed by atoms with van der Waals surface area (Å²) in [6.45, 7) is 6.17. The summed E-state index contributed by atoms with van der Waals surface area (Å²) in [4.78, 5) is 45.2. The van der Waals surface area contributed by atoms with Crippen LogP contribution in [0.2, 0.25) is 0 Å². The van der Waals surface area contributed by atoms with Crippen LogP contribution in [0.25, 0.3) is 11.0 Å². The lowest BCUT2D eigenvalue weighted by Gasteiger charge is -2.15. The van der Waals surface area contributed by atoms with Gasteiger partial charge in [0.2, 0.25) is 0 Å². The number of fused-ring (bicyclic) bond motifs is 1. The van der Waals surface area contributed by atoms with Crippen molar-refractivity contribution < 1.29 is 4.79 Å². The van der Waals surface area contributed by atoms with Crippen LogP contribution in [0, 0.1) is 12.8 Å². The zero-order valence-corrected chi connectivity index (χ0v) is 17.1. The predicted octanol–water partition coefficient (Wildman–Crippen LogP) is 1.94. The number of anilines is 1. The number of H-pyrrole nitrogens is 1. The Balaban J connectivity index is 1.90. The average Bonchev–Trinajstić information content (AvgIpc) is 3.03. The summed E-state index contributed by atoms with van der Waals surface area (Å²) in [7, 11) is 1.35. The highest BCUT2D eigenvalue weighted by Gasteiger charge is 2.22. The second-order valence-electron chi connectivity index (χ2n) is 7.19. The molecule has 0 saturated carbocycles. The maximum Gasteiger partial charge on any atom is 0.332 e. The molecule has 0 saturated heterocycles. The molecule has 8 nitrogen and oxygen atoms in total. The minimum Gasteiger partial charge on any atom is -0.384 e. The van der Waals surface area contributed by atoms with Gasteiger partial charge in [-0.3, -0.25) is 18.7 Å². The van der Waals surface area contributed by atoms with Gasteiger partial charge < -0.3 is 10.7 Å². The third-order valence-corrected chi connectivity index (χ3v) is 5.24. The fourth-order valence-electron chi connectivity index (χ4n) is 2.96. The second-order valence-corrected chi connectivity index (χ2v) is 8.15. The average molecular weight is 401 g/mol. The van der Waals surface area contributed by atoms with E-state index in [9.17, 15) is 14.4 Å². The molecular weight excluding hydrogens is 378 g/mol. The number of carbonyl (C=O) groups is 1. The summed E-state index contributed by atoms with van der Waals surface area (Å²) in [6.07, 6.45) is 0. The Morgan fingerprint density at radius 2 is 2.04 bits per heavy atom. The van der Waals surface area contributed by atoms with E-state index in [1.54, 1.807) is 0 Å². The number of nitrogens with two attached hydrogens (primary N) is 1. The molecule has 3 rings (SSSR count). The summed E-state index contributed by atoms with van der Waals surface area (Å²) in [6, 6.07) is 5.84. The van der Waals surface area contributed by atoms with Gasteiger partial charge in [0.1, 0.15) is 11.4 Å². The standard InChI is InChI=1S/C19H23N5O3S/c1-10(2)8-24-16(20)15(17(26)23(4)19(24)27)14(25)9-28-18-21-12-6-5-11(3)7-13(12)22-18/h5-7,10H,8-9,20H2,1-4H3,(H,21,22). The highest BCUT2D eigenvalue weighted by Crippen LogP contribution is 2.21. The van der Waals surface area contributed by atoms with Crippen molar-refractivity contribution in [3.63, 3.8) is 0 Å². The van der Waals surface area contributed by atoms with Gasteiger partial charge in [-0.05, 0) is 30.5 Å². The van der Waals surface area contributed by atoms with Crippen LogP contribution in [-0.2, 0) is 13.6 Å². The Morgan fingerprint density at radius 1 is 1.32 bits per heavy atom. The number of aromatic amines is 1. The highest BCUT2D eigenvalue weighted by atomic mass is 32.2. The quantitative estimate of drug-likeness (QED) is 0.482. The smallest absolute Gasteiger partial charge is 0.332 e. The summed E-state index contributed by atoms with van der Waals surface area (Å²) >= 11 is 1.19. The van der Waals surface area contributed by atoms with E-state index in [0.29, 0.717) is 11.7 Å². The SMILES string of the molecule is Cc1ccc2nc(SCC(=O)c3c(N)n(CC(C)C)c(=O)n(C)c3=O)[nH]c2c1. The largest absolute Gasteiger partial charge is 0.384 e. The molecule has 0 aliphatic heterocycles. The van der Waals surface area contributed by atoms with Gasteiger partial charge >= 0.3 is 5.69 Å². The molecule has 0 aliphatic carbocycles. The summed E-state index contributed by atoms with van der Waals surface area (Å²) in [5, 5.41) is 0.583. The molecule has 28 heavy (non-hydrogen) atoms. The molecule has 9 heteroatoms. The number of ketones is 1. The van der Waals surface area contributed by atoms with E-state index in [2.05, 4.69) is 9.97 Å². The van der Waals surface area contributed by atoms with Gasteiger partial charge in [0.15, 0.2) is 10.9 Å². The van der Waals surface area contributed by atoms with Crippen LogP contribution < -0.4 is 17.0 Å². The number of aromatic nitrogens is 4. The first-order valence-electron chi connectivity index (χ1n) is 8.90. The number of nitrogens with zero attached hydrogens (tertiary/aromatic N) is 3. The molecule has 3 aromatic rings. The third-order valence-electron chi connectivity index (χ3n) is 4.37. The number of Topliss-reactive ketones (excluding diaryl/α,β-unsaturated/α-hetero) is 1. The van der Waals surface area contributed by atoms with E-state index in [1.165, 1.54) is 23.4 Å². The Hall–Kier alpha value is -2.81. The Labute approximate surface area is 165 Å². The molecule has 0 amide bonds. The van der Waals surface area contributed by atoms with Crippen LogP contribution in [0.3, 0.4) is 0 Å². The molecule has 2 heterocycles. The zero-order chi connectivity index (χ0) is 20.6. The number of nitrogens with one attached hydrogen (secondary N) is 1. The molecule has 148 valence electrons. The van der Waals surface area contributed by atoms with Gasteiger partial charge in [0.25, 0.3) is 5.56 Å². The molecule has 0 fully saturated rings. The lowest BCUT2D eigenvalue weighted by Crippen LogP contribution is -2.43. The van der Waals surface area contributed by atoms with Crippen molar-refractivity contribution in [1.29, 1.82) is 0 Å². The Morgan fingerprint density at radius 3 is 2.71 bits per heavy atom.